The Hall–Kier alpha value is -3.41. The highest BCUT2D eigenvalue weighted by molar-refractivity contribution is 7.99. The molecule has 1 heterocycles. The molecule has 2 amide bonds. The fourth-order valence-corrected chi connectivity index (χ4v) is 7.42. The van der Waals surface area contributed by atoms with E-state index in [9.17, 15) is 19.8 Å². The summed E-state index contributed by atoms with van der Waals surface area (Å²) in [5.41, 5.74) is 3.21. The molecule has 3 N–H and O–H groups in total. The molecule has 1 saturated heterocycles. The normalized spacial score (nSPS) is 19.1. The van der Waals surface area contributed by atoms with E-state index in [0.29, 0.717) is 19.4 Å². The SMILES string of the molecule is CC(C)(C)OC(=O)N[C@@H](Cc1ccccc1)[C@@H](O)CCC(=O)N(Cc1ccc(SCCN2CCOCC2)cc1)[C@H]1c2ccccc2C[C@H]1O. The first-order valence-corrected chi connectivity index (χ1v) is 18.3. The van der Waals surface area contributed by atoms with Crippen molar-refractivity contribution in [3.8, 4) is 0 Å². The number of nitrogens with one attached hydrogen (secondary N) is 1. The third-order valence-electron chi connectivity index (χ3n) is 9.00. The summed E-state index contributed by atoms with van der Waals surface area (Å²) in [6.07, 6.45) is -1.33. The molecule has 0 spiro atoms. The van der Waals surface area contributed by atoms with Gasteiger partial charge < -0.3 is 29.9 Å². The number of nitrogens with zero attached hydrogens (tertiary/aromatic N) is 2. The van der Waals surface area contributed by atoms with E-state index < -0.39 is 36.0 Å². The second-order valence-corrected chi connectivity index (χ2v) is 15.1. The molecule has 0 unspecified atom stereocenters. The predicted molar refractivity (Wildman–Crippen MR) is 192 cm³/mol. The molecule has 2 aliphatic rings. The lowest BCUT2D eigenvalue weighted by atomic mass is 9.97. The van der Waals surface area contributed by atoms with Crippen LogP contribution in [-0.2, 0) is 33.7 Å². The minimum atomic E-state index is -1.01. The standard InChI is InChI=1S/C39H51N3O6S/c1-39(2,3)48-38(46)40-33(25-28-9-5-4-6-10-28)34(43)17-18-36(45)42(37-32-12-8-7-11-30(32)26-35(37)44)27-29-13-15-31(16-14-29)49-24-21-41-19-22-47-23-20-41/h4-16,33-35,37,43-44H,17-27H2,1-3H3,(H,40,46)/t33-,34-,35+,37-/m0/s1. The maximum Gasteiger partial charge on any atom is 0.407 e. The number of thioether (sulfide) groups is 1. The highest BCUT2D eigenvalue weighted by Crippen LogP contribution is 2.37. The largest absolute Gasteiger partial charge is 0.444 e. The molecule has 0 saturated carbocycles. The van der Waals surface area contributed by atoms with Gasteiger partial charge in [-0.15, -0.1) is 11.8 Å². The van der Waals surface area contributed by atoms with Gasteiger partial charge in [0.2, 0.25) is 5.91 Å². The summed E-state index contributed by atoms with van der Waals surface area (Å²) in [5.74, 6) is 0.824. The van der Waals surface area contributed by atoms with Crippen LogP contribution in [0, 0.1) is 0 Å². The summed E-state index contributed by atoms with van der Waals surface area (Å²) < 4.78 is 10.9. The van der Waals surface area contributed by atoms with Gasteiger partial charge in [0.25, 0.3) is 0 Å². The Kier molecular flexibility index (Phi) is 13.2. The summed E-state index contributed by atoms with van der Waals surface area (Å²) in [5, 5.41) is 25.5. The number of morpholine rings is 1. The second kappa shape index (κ2) is 17.5. The Bertz CT molecular complexity index is 1490. The van der Waals surface area contributed by atoms with Crippen LogP contribution >= 0.6 is 11.8 Å². The van der Waals surface area contributed by atoms with Crippen molar-refractivity contribution in [2.24, 2.45) is 0 Å². The fraction of sp³-hybridized carbons (Fsp3) is 0.487. The Balaban J connectivity index is 1.27. The number of hydrogen-bond donors (Lipinski definition) is 3. The maximum absolute atomic E-state index is 14.1. The van der Waals surface area contributed by atoms with E-state index in [4.69, 9.17) is 9.47 Å². The van der Waals surface area contributed by atoms with Gasteiger partial charge in [0.15, 0.2) is 0 Å². The molecule has 4 atom stereocenters. The first kappa shape index (κ1) is 36.9. The molecule has 3 aromatic rings. The summed E-state index contributed by atoms with van der Waals surface area (Å²) >= 11 is 1.82. The summed E-state index contributed by atoms with van der Waals surface area (Å²) in [6, 6.07) is 24.7. The van der Waals surface area contributed by atoms with E-state index in [0.717, 1.165) is 60.9 Å². The third kappa shape index (κ3) is 11.0. The number of benzene rings is 3. The van der Waals surface area contributed by atoms with E-state index in [2.05, 4.69) is 34.5 Å². The highest BCUT2D eigenvalue weighted by atomic mass is 32.2. The van der Waals surface area contributed by atoms with E-state index >= 15 is 0 Å². The van der Waals surface area contributed by atoms with Crippen molar-refractivity contribution in [2.75, 3.05) is 38.6 Å². The van der Waals surface area contributed by atoms with E-state index in [1.807, 2.05) is 66.4 Å². The van der Waals surface area contributed by atoms with Gasteiger partial charge in [-0.1, -0.05) is 66.7 Å². The van der Waals surface area contributed by atoms with Crippen molar-refractivity contribution in [1.82, 2.24) is 15.1 Å². The van der Waals surface area contributed by atoms with Crippen LogP contribution in [0.15, 0.2) is 83.8 Å². The number of aliphatic hydroxyl groups is 2. The maximum atomic E-state index is 14.1. The van der Waals surface area contributed by atoms with Gasteiger partial charge in [0.05, 0.1) is 37.5 Å². The van der Waals surface area contributed by atoms with Gasteiger partial charge in [-0.05, 0) is 68.0 Å². The van der Waals surface area contributed by atoms with Crippen LogP contribution < -0.4 is 5.32 Å². The first-order chi connectivity index (χ1) is 23.6. The molecule has 49 heavy (non-hydrogen) atoms. The molecule has 1 aliphatic carbocycles. The van der Waals surface area contributed by atoms with E-state index in [1.54, 1.807) is 25.7 Å². The minimum absolute atomic E-state index is 0.0450. The molecule has 5 rings (SSSR count). The van der Waals surface area contributed by atoms with Crippen LogP contribution in [0.25, 0.3) is 0 Å². The lowest BCUT2D eigenvalue weighted by Gasteiger charge is -2.33. The lowest BCUT2D eigenvalue weighted by Crippen LogP contribution is -2.47. The number of rotatable bonds is 14. The number of alkyl carbamates (subject to hydrolysis) is 1. The molecular weight excluding hydrogens is 639 g/mol. The Labute approximate surface area is 295 Å². The average Bonchev–Trinajstić information content (AvgIpc) is 3.41. The van der Waals surface area contributed by atoms with Crippen LogP contribution in [0.5, 0.6) is 0 Å². The van der Waals surface area contributed by atoms with Crippen molar-refractivity contribution >= 4 is 23.8 Å². The number of carbonyl (C=O) groups is 2. The zero-order chi connectivity index (χ0) is 34.8. The topological polar surface area (TPSA) is 112 Å². The quantitative estimate of drug-likeness (QED) is 0.194. The molecule has 264 valence electrons. The van der Waals surface area contributed by atoms with Crippen LogP contribution in [0.4, 0.5) is 4.79 Å². The van der Waals surface area contributed by atoms with E-state index in [-0.39, 0.29) is 18.7 Å². The van der Waals surface area contributed by atoms with Crippen molar-refractivity contribution < 1.29 is 29.3 Å². The van der Waals surface area contributed by atoms with Crippen molar-refractivity contribution in [3.05, 3.63) is 101 Å². The summed E-state index contributed by atoms with van der Waals surface area (Å²) in [7, 11) is 0. The first-order valence-electron chi connectivity index (χ1n) is 17.3. The van der Waals surface area contributed by atoms with Gasteiger partial charge in [-0.25, -0.2) is 4.79 Å². The van der Waals surface area contributed by atoms with Gasteiger partial charge >= 0.3 is 6.09 Å². The van der Waals surface area contributed by atoms with Gasteiger partial charge in [0, 0.05) is 49.7 Å². The zero-order valence-corrected chi connectivity index (χ0v) is 29.7. The van der Waals surface area contributed by atoms with Crippen LogP contribution in [-0.4, -0.2) is 94.5 Å². The predicted octanol–water partition coefficient (Wildman–Crippen LogP) is 5.37. The fourth-order valence-electron chi connectivity index (χ4n) is 6.50. The highest BCUT2D eigenvalue weighted by Gasteiger charge is 2.38. The smallest absolute Gasteiger partial charge is 0.407 e. The van der Waals surface area contributed by atoms with Crippen molar-refractivity contribution in [1.29, 1.82) is 0 Å². The number of ether oxygens (including phenoxy) is 2. The number of aliphatic hydroxyl groups excluding tert-OH is 2. The molecule has 1 fully saturated rings. The molecule has 10 heteroatoms. The molecule has 0 bridgehead atoms. The van der Waals surface area contributed by atoms with Crippen LogP contribution in [0.3, 0.4) is 0 Å². The van der Waals surface area contributed by atoms with Gasteiger partial charge in [0.1, 0.15) is 5.60 Å². The molecule has 1 aliphatic heterocycles. The van der Waals surface area contributed by atoms with Crippen LogP contribution in [0.2, 0.25) is 0 Å². The molecular formula is C39H51N3O6S. The minimum Gasteiger partial charge on any atom is -0.444 e. The number of carbonyl (C=O) groups excluding carboxylic acids is 2. The zero-order valence-electron chi connectivity index (χ0n) is 28.9. The number of amides is 2. The Morgan fingerprint density at radius 1 is 1.00 bits per heavy atom. The number of hydrogen-bond acceptors (Lipinski definition) is 8. The Morgan fingerprint density at radius 2 is 1.69 bits per heavy atom. The van der Waals surface area contributed by atoms with Gasteiger partial charge in [-0.2, -0.15) is 0 Å². The lowest BCUT2D eigenvalue weighted by molar-refractivity contribution is -0.137. The molecule has 9 nitrogen and oxygen atoms in total. The van der Waals surface area contributed by atoms with Crippen molar-refractivity contribution in [2.45, 2.75) is 87.8 Å². The van der Waals surface area contributed by atoms with Crippen molar-refractivity contribution in [3.63, 3.8) is 0 Å². The van der Waals surface area contributed by atoms with E-state index in [1.165, 1.54) is 4.90 Å². The Morgan fingerprint density at radius 3 is 2.41 bits per heavy atom. The molecule has 0 aromatic heterocycles. The van der Waals surface area contributed by atoms with Crippen LogP contribution in [0.1, 0.15) is 61.9 Å². The monoisotopic (exact) mass is 689 g/mol. The third-order valence-corrected chi connectivity index (χ3v) is 9.99. The summed E-state index contributed by atoms with van der Waals surface area (Å²) in [4.78, 5) is 32.2. The van der Waals surface area contributed by atoms with Gasteiger partial charge in [-0.3, -0.25) is 9.69 Å². The molecule has 3 aromatic carbocycles. The molecule has 0 radical (unpaired) electrons. The second-order valence-electron chi connectivity index (χ2n) is 13.9. The number of fused-ring (bicyclic) bond motifs is 1. The average molecular weight is 690 g/mol. The summed E-state index contributed by atoms with van der Waals surface area (Å²) in [6.45, 7) is 10.3.